The van der Waals surface area contributed by atoms with E-state index in [9.17, 15) is 9.59 Å². The van der Waals surface area contributed by atoms with Crippen molar-refractivity contribution in [1.29, 1.82) is 0 Å². The highest BCUT2D eigenvalue weighted by molar-refractivity contribution is 5.97. The molecule has 3 rings (SSSR count). The van der Waals surface area contributed by atoms with Crippen molar-refractivity contribution in [2.45, 2.75) is 39.3 Å². The number of ether oxygens (including phenoxy) is 2. The van der Waals surface area contributed by atoms with Gasteiger partial charge in [0.2, 0.25) is 5.91 Å². The number of rotatable bonds is 9. The van der Waals surface area contributed by atoms with Crippen LogP contribution >= 0.6 is 0 Å². The maximum absolute atomic E-state index is 13.4. The molecule has 1 unspecified atom stereocenters. The van der Waals surface area contributed by atoms with Crippen molar-refractivity contribution in [3.8, 4) is 11.5 Å². The van der Waals surface area contributed by atoms with E-state index in [1.165, 1.54) is 0 Å². The van der Waals surface area contributed by atoms with E-state index in [1.54, 1.807) is 37.3 Å². The van der Waals surface area contributed by atoms with Crippen LogP contribution in [-0.2, 0) is 17.8 Å². The highest BCUT2D eigenvalue weighted by Gasteiger charge is 2.28. The summed E-state index contributed by atoms with van der Waals surface area (Å²) >= 11 is 0. The van der Waals surface area contributed by atoms with Gasteiger partial charge in [-0.3, -0.25) is 9.59 Å². The van der Waals surface area contributed by atoms with E-state index in [0.29, 0.717) is 55.6 Å². The third-order valence-corrected chi connectivity index (χ3v) is 5.79. The predicted molar refractivity (Wildman–Crippen MR) is 128 cm³/mol. The Kier molecular flexibility index (Phi) is 8.49. The number of aromatic nitrogens is 3. The molecule has 0 fully saturated rings. The van der Waals surface area contributed by atoms with E-state index in [4.69, 9.17) is 9.47 Å². The molecule has 1 aromatic heterocycles. The Morgan fingerprint density at radius 2 is 1.88 bits per heavy atom. The van der Waals surface area contributed by atoms with Gasteiger partial charge < -0.3 is 29.2 Å². The number of carbonyl (C=O) groups is 2. The molecule has 1 N–H and O–H groups in total. The van der Waals surface area contributed by atoms with Gasteiger partial charge in [0.05, 0.1) is 32.4 Å². The largest absolute Gasteiger partial charge is 0.497 e. The van der Waals surface area contributed by atoms with Crippen molar-refractivity contribution in [2.24, 2.45) is 5.92 Å². The summed E-state index contributed by atoms with van der Waals surface area (Å²) in [5, 5.41) is 12.0. The fourth-order valence-electron chi connectivity index (χ4n) is 4.19. The molecule has 0 spiro atoms. The Hall–Kier alpha value is -3.14. The summed E-state index contributed by atoms with van der Waals surface area (Å²) in [4.78, 5) is 29.5. The van der Waals surface area contributed by atoms with Crippen molar-refractivity contribution in [2.75, 3.05) is 47.9 Å². The number of carbonyl (C=O) groups excluding carboxylic acids is 2. The average Bonchev–Trinajstić information content (AvgIpc) is 3.08. The quantitative estimate of drug-likeness (QED) is 0.593. The van der Waals surface area contributed by atoms with E-state index in [0.717, 1.165) is 18.1 Å². The van der Waals surface area contributed by atoms with Crippen LogP contribution in [0.25, 0.3) is 0 Å². The molecular formula is C24H36N6O4. The van der Waals surface area contributed by atoms with Crippen LogP contribution in [-0.4, -0.2) is 84.3 Å². The number of hydrogen-bond donors (Lipinski definition) is 1. The standard InChI is InChI=1S/C24H36N6O4/c1-16(2)13-19(25-22(31)15-28(3)4)23-27-26-21-9-10-29(11-12-30(21)23)24(32)18-14-17(33-5)7-8-20(18)34-6/h7-8,14,16,19H,9-13,15H2,1-6H3,(H,25,31). The number of nitrogens with one attached hydrogen (secondary N) is 1. The Morgan fingerprint density at radius 1 is 1.12 bits per heavy atom. The van der Waals surface area contributed by atoms with Gasteiger partial charge in [0.15, 0.2) is 5.82 Å². The third-order valence-electron chi connectivity index (χ3n) is 5.79. The maximum atomic E-state index is 13.4. The van der Waals surface area contributed by atoms with E-state index >= 15 is 0 Å². The SMILES string of the molecule is COc1ccc(OC)c(C(=O)N2CCc3nnc(C(CC(C)C)NC(=O)CN(C)C)n3CC2)c1. The van der Waals surface area contributed by atoms with Crippen LogP contribution in [0.3, 0.4) is 0 Å². The molecule has 0 radical (unpaired) electrons. The van der Waals surface area contributed by atoms with Crippen LogP contribution in [0.1, 0.15) is 48.3 Å². The summed E-state index contributed by atoms with van der Waals surface area (Å²) in [5.74, 6) is 2.86. The van der Waals surface area contributed by atoms with Gasteiger partial charge >= 0.3 is 0 Å². The lowest BCUT2D eigenvalue weighted by molar-refractivity contribution is -0.122. The lowest BCUT2D eigenvalue weighted by Crippen LogP contribution is -2.38. The minimum absolute atomic E-state index is 0.0523. The minimum atomic E-state index is -0.241. The van der Waals surface area contributed by atoms with Crippen molar-refractivity contribution < 1.29 is 19.1 Å². The Labute approximate surface area is 201 Å². The Morgan fingerprint density at radius 3 is 2.53 bits per heavy atom. The second kappa shape index (κ2) is 11.3. The lowest BCUT2D eigenvalue weighted by Gasteiger charge is -2.23. The monoisotopic (exact) mass is 472 g/mol. The minimum Gasteiger partial charge on any atom is -0.497 e. The molecule has 10 heteroatoms. The number of hydrogen-bond acceptors (Lipinski definition) is 7. The zero-order chi connectivity index (χ0) is 24.8. The highest BCUT2D eigenvalue weighted by atomic mass is 16.5. The van der Waals surface area contributed by atoms with Gasteiger partial charge in [-0.15, -0.1) is 10.2 Å². The third kappa shape index (κ3) is 6.05. The predicted octanol–water partition coefficient (Wildman–Crippen LogP) is 1.76. The number of likely N-dealkylation sites (N-methyl/N-ethyl adjacent to an activating group) is 1. The molecule has 1 aliphatic rings. The first-order valence-electron chi connectivity index (χ1n) is 11.6. The Balaban J connectivity index is 1.80. The van der Waals surface area contributed by atoms with Crippen molar-refractivity contribution in [3.05, 3.63) is 35.4 Å². The van der Waals surface area contributed by atoms with E-state index < -0.39 is 0 Å². The molecule has 2 aromatic rings. The van der Waals surface area contributed by atoms with Gasteiger partial charge in [0.1, 0.15) is 17.3 Å². The average molecular weight is 473 g/mol. The van der Waals surface area contributed by atoms with Crippen molar-refractivity contribution in [3.63, 3.8) is 0 Å². The summed E-state index contributed by atoms with van der Waals surface area (Å²) in [6.45, 7) is 6.10. The number of benzene rings is 1. The van der Waals surface area contributed by atoms with Crippen LogP contribution in [0.2, 0.25) is 0 Å². The van der Waals surface area contributed by atoms with E-state index in [-0.39, 0.29) is 17.9 Å². The fraction of sp³-hybridized carbons (Fsp3) is 0.583. The fourth-order valence-corrected chi connectivity index (χ4v) is 4.19. The first-order chi connectivity index (χ1) is 16.2. The number of nitrogens with zero attached hydrogens (tertiary/aromatic N) is 5. The first-order valence-corrected chi connectivity index (χ1v) is 11.6. The molecule has 1 aromatic carbocycles. The normalized spacial score (nSPS) is 14.5. The van der Waals surface area contributed by atoms with Crippen molar-refractivity contribution in [1.82, 2.24) is 29.9 Å². The van der Waals surface area contributed by atoms with Crippen LogP contribution in [0, 0.1) is 5.92 Å². The zero-order valence-corrected chi connectivity index (χ0v) is 21.0. The molecule has 2 amide bonds. The summed E-state index contributed by atoms with van der Waals surface area (Å²) < 4.78 is 12.8. The zero-order valence-electron chi connectivity index (χ0n) is 21.0. The first kappa shape index (κ1) is 25.5. The summed E-state index contributed by atoms with van der Waals surface area (Å²) in [6, 6.07) is 4.97. The molecule has 1 aliphatic heterocycles. The van der Waals surface area contributed by atoms with Gasteiger partial charge in [-0.1, -0.05) is 13.8 Å². The van der Waals surface area contributed by atoms with Crippen LogP contribution in [0.5, 0.6) is 11.5 Å². The molecule has 10 nitrogen and oxygen atoms in total. The highest BCUT2D eigenvalue weighted by Crippen LogP contribution is 2.27. The molecule has 0 bridgehead atoms. The molecule has 1 atom stereocenters. The van der Waals surface area contributed by atoms with E-state index in [1.807, 2.05) is 19.0 Å². The number of methoxy groups -OCH3 is 2. The summed E-state index contributed by atoms with van der Waals surface area (Å²) in [7, 11) is 6.85. The van der Waals surface area contributed by atoms with Gasteiger partial charge in [-0.05, 0) is 44.6 Å². The second-order valence-corrected chi connectivity index (χ2v) is 9.22. The second-order valence-electron chi connectivity index (χ2n) is 9.22. The molecule has 0 aliphatic carbocycles. The van der Waals surface area contributed by atoms with Gasteiger partial charge in [-0.25, -0.2) is 0 Å². The molecule has 0 saturated heterocycles. The van der Waals surface area contributed by atoms with E-state index in [2.05, 4.69) is 33.9 Å². The molecule has 34 heavy (non-hydrogen) atoms. The molecule has 2 heterocycles. The number of fused-ring (bicyclic) bond motifs is 1. The molecule has 186 valence electrons. The van der Waals surface area contributed by atoms with Gasteiger partial charge in [0, 0.05) is 26.1 Å². The van der Waals surface area contributed by atoms with Crippen LogP contribution < -0.4 is 14.8 Å². The molecule has 0 saturated carbocycles. The molecular weight excluding hydrogens is 436 g/mol. The summed E-state index contributed by atoms with van der Waals surface area (Å²) in [6.07, 6.45) is 1.33. The summed E-state index contributed by atoms with van der Waals surface area (Å²) in [5.41, 5.74) is 0.466. The smallest absolute Gasteiger partial charge is 0.257 e. The maximum Gasteiger partial charge on any atom is 0.257 e. The number of amides is 2. The lowest BCUT2D eigenvalue weighted by atomic mass is 10.0. The van der Waals surface area contributed by atoms with Crippen LogP contribution in [0.4, 0.5) is 0 Å². The topological polar surface area (TPSA) is 102 Å². The van der Waals surface area contributed by atoms with Crippen LogP contribution in [0.15, 0.2) is 18.2 Å². The van der Waals surface area contributed by atoms with Gasteiger partial charge in [-0.2, -0.15) is 0 Å². The van der Waals surface area contributed by atoms with Crippen molar-refractivity contribution >= 4 is 11.8 Å². The van der Waals surface area contributed by atoms with Gasteiger partial charge in [0.25, 0.3) is 5.91 Å². The Bertz CT molecular complexity index is 1000.